The molecule has 0 unspecified atom stereocenters. The van der Waals surface area contributed by atoms with E-state index >= 15 is 0 Å². The van der Waals surface area contributed by atoms with Gasteiger partial charge in [-0.3, -0.25) is 9.59 Å². The molecule has 0 spiro atoms. The first kappa shape index (κ1) is 24.4. The van der Waals surface area contributed by atoms with Crippen molar-refractivity contribution in [2.45, 2.75) is 57.8 Å². The Kier molecular flexibility index (Phi) is 10.5. The number of rotatable bonds is 12. The lowest BCUT2D eigenvalue weighted by atomic mass is 10.1. The Morgan fingerprint density at radius 1 is 0.923 bits per heavy atom. The van der Waals surface area contributed by atoms with Gasteiger partial charge in [0.2, 0.25) is 5.91 Å². The summed E-state index contributed by atoms with van der Waals surface area (Å²) in [5, 5.41) is 8.62. The van der Waals surface area contributed by atoms with Gasteiger partial charge in [-0.1, -0.05) is 27.0 Å². The van der Waals surface area contributed by atoms with Gasteiger partial charge < -0.3 is 20.7 Å². The van der Waals surface area contributed by atoms with Crippen LogP contribution < -0.4 is 16.0 Å². The summed E-state index contributed by atoms with van der Waals surface area (Å²) in [5.41, 5.74) is 0.877. The van der Waals surface area contributed by atoms with Crippen molar-refractivity contribution in [3.8, 4) is 0 Å². The van der Waals surface area contributed by atoms with Crippen molar-refractivity contribution < 1.29 is 14.3 Å². The van der Waals surface area contributed by atoms with Gasteiger partial charge in [-0.25, -0.2) is 0 Å². The Balaban J connectivity index is 3.92. The molecule has 0 aliphatic carbocycles. The summed E-state index contributed by atoms with van der Waals surface area (Å²) in [6.45, 7) is 18.0. The number of ether oxygens (including phenoxy) is 1. The van der Waals surface area contributed by atoms with E-state index in [-0.39, 0.29) is 36.3 Å². The van der Waals surface area contributed by atoms with E-state index in [0.29, 0.717) is 5.70 Å². The summed E-state index contributed by atoms with van der Waals surface area (Å²) in [7, 11) is 0. The second-order valence-electron chi connectivity index (χ2n) is 7.74. The molecule has 0 aliphatic rings. The van der Waals surface area contributed by atoms with Crippen molar-refractivity contribution in [1.29, 1.82) is 0 Å². The number of amides is 1. The van der Waals surface area contributed by atoms with Crippen LogP contribution in [0.3, 0.4) is 0 Å². The molecule has 150 valence electrons. The van der Waals surface area contributed by atoms with E-state index in [1.807, 2.05) is 32.5 Å². The van der Waals surface area contributed by atoms with Gasteiger partial charge >= 0.3 is 5.97 Å². The number of carbonyl (C=O) groups is 2. The summed E-state index contributed by atoms with van der Waals surface area (Å²) in [5.74, 6) is -0.522. The molecule has 0 radical (unpaired) electrons. The van der Waals surface area contributed by atoms with Gasteiger partial charge in [0.15, 0.2) is 0 Å². The minimum Gasteiger partial charge on any atom is -0.459 e. The lowest BCUT2D eigenvalue weighted by Crippen LogP contribution is -2.38. The molecule has 1 amide bonds. The summed E-state index contributed by atoms with van der Waals surface area (Å²) < 4.78 is 5.38. The van der Waals surface area contributed by atoms with E-state index in [1.54, 1.807) is 0 Å². The third-order valence-electron chi connectivity index (χ3n) is 3.48. The van der Waals surface area contributed by atoms with Crippen LogP contribution in [0.4, 0.5) is 0 Å². The molecule has 7 heteroatoms. The minimum absolute atomic E-state index is 0.0201. The SMILES string of the molecule is C=C(CCC(C)(C)SC)NCC(=O)NCC(=C)NCC(=O)OC(C)(C)C. The third kappa shape index (κ3) is 13.6. The molecule has 0 saturated heterocycles. The van der Waals surface area contributed by atoms with Gasteiger partial charge in [0.25, 0.3) is 0 Å². The van der Waals surface area contributed by atoms with Crippen LogP contribution in [0.1, 0.15) is 47.5 Å². The topological polar surface area (TPSA) is 79.5 Å². The number of thioether (sulfide) groups is 1. The predicted molar refractivity (Wildman–Crippen MR) is 110 cm³/mol. The molecule has 6 nitrogen and oxygen atoms in total. The Labute approximate surface area is 162 Å². The molecule has 0 saturated carbocycles. The maximum Gasteiger partial charge on any atom is 0.325 e. The maximum atomic E-state index is 11.9. The summed E-state index contributed by atoms with van der Waals surface area (Å²) in [6, 6.07) is 0. The number of hydrogen-bond acceptors (Lipinski definition) is 6. The highest BCUT2D eigenvalue weighted by Gasteiger charge is 2.17. The summed E-state index contributed by atoms with van der Waals surface area (Å²) >= 11 is 1.82. The van der Waals surface area contributed by atoms with E-state index in [0.717, 1.165) is 18.5 Å². The fraction of sp³-hybridized carbons (Fsp3) is 0.684. The van der Waals surface area contributed by atoms with Crippen LogP contribution in [-0.2, 0) is 14.3 Å². The molecule has 0 aromatic rings. The zero-order valence-electron chi connectivity index (χ0n) is 17.1. The molecule has 0 fully saturated rings. The molecule has 0 bridgehead atoms. The van der Waals surface area contributed by atoms with E-state index in [2.05, 4.69) is 49.2 Å². The lowest BCUT2D eigenvalue weighted by Gasteiger charge is -2.22. The Bertz CT molecular complexity index is 511. The van der Waals surface area contributed by atoms with Crippen LogP contribution in [0.25, 0.3) is 0 Å². The molecular weight excluding hydrogens is 350 g/mol. The van der Waals surface area contributed by atoms with Crippen molar-refractivity contribution >= 4 is 23.6 Å². The average molecular weight is 386 g/mol. The van der Waals surface area contributed by atoms with Crippen molar-refractivity contribution in [1.82, 2.24) is 16.0 Å². The van der Waals surface area contributed by atoms with E-state index in [1.165, 1.54) is 0 Å². The highest BCUT2D eigenvalue weighted by Crippen LogP contribution is 2.27. The Morgan fingerprint density at radius 2 is 1.50 bits per heavy atom. The van der Waals surface area contributed by atoms with E-state index in [4.69, 9.17) is 4.74 Å². The maximum absolute atomic E-state index is 11.9. The number of esters is 1. The fourth-order valence-electron chi connectivity index (χ4n) is 1.75. The number of carbonyl (C=O) groups excluding carboxylic acids is 2. The fourth-order valence-corrected chi connectivity index (χ4v) is 2.06. The van der Waals surface area contributed by atoms with E-state index < -0.39 is 5.60 Å². The Hall–Kier alpha value is -1.63. The average Bonchev–Trinajstić information content (AvgIpc) is 2.52. The normalized spacial score (nSPS) is 11.5. The van der Waals surface area contributed by atoms with Gasteiger partial charge in [-0.15, -0.1) is 0 Å². The minimum atomic E-state index is -0.520. The zero-order valence-corrected chi connectivity index (χ0v) is 17.9. The highest BCUT2D eigenvalue weighted by molar-refractivity contribution is 7.99. The molecule has 0 rings (SSSR count). The monoisotopic (exact) mass is 385 g/mol. The van der Waals surface area contributed by atoms with Crippen LogP contribution in [0.2, 0.25) is 0 Å². The number of nitrogens with one attached hydrogen (secondary N) is 3. The van der Waals surface area contributed by atoms with Crippen LogP contribution in [-0.4, -0.2) is 48.1 Å². The van der Waals surface area contributed by atoms with E-state index in [9.17, 15) is 9.59 Å². The molecule has 0 atom stereocenters. The smallest absolute Gasteiger partial charge is 0.325 e. The molecule has 0 aromatic carbocycles. The molecule has 0 heterocycles. The molecule has 0 aliphatic heterocycles. The largest absolute Gasteiger partial charge is 0.459 e. The van der Waals surface area contributed by atoms with Crippen LogP contribution in [0.5, 0.6) is 0 Å². The first-order valence-corrected chi connectivity index (χ1v) is 9.94. The second-order valence-corrected chi connectivity index (χ2v) is 9.25. The lowest BCUT2D eigenvalue weighted by molar-refractivity contribution is -0.153. The van der Waals surface area contributed by atoms with Gasteiger partial charge in [0.05, 0.1) is 13.1 Å². The van der Waals surface area contributed by atoms with Crippen molar-refractivity contribution in [2.24, 2.45) is 0 Å². The molecule has 26 heavy (non-hydrogen) atoms. The van der Waals surface area contributed by atoms with Crippen LogP contribution in [0, 0.1) is 0 Å². The van der Waals surface area contributed by atoms with Crippen molar-refractivity contribution in [2.75, 3.05) is 25.9 Å². The summed E-state index contributed by atoms with van der Waals surface area (Å²) in [4.78, 5) is 23.5. The summed E-state index contributed by atoms with van der Waals surface area (Å²) in [6.07, 6.45) is 3.91. The molecular formula is C19H35N3O3S. The van der Waals surface area contributed by atoms with Gasteiger partial charge in [-0.05, 0) is 39.9 Å². The second kappa shape index (κ2) is 11.2. The molecule has 0 aromatic heterocycles. The van der Waals surface area contributed by atoms with Crippen LogP contribution in [0.15, 0.2) is 24.6 Å². The number of allylic oxidation sites excluding steroid dienone is 1. The number of hydrogen-bond donors (Lipinski definition) is 3. The Morgan fingerprint density at radius 3 is 2.04 bits per heavy atom. The molecule has 3 N–H and O–H groups in total. The predicted octanol–water partition coefficient (Wildman–Crippen LogP) is 2.57. The third-order valence-corrected chi connectivity index (χ3v) is 4.79. The van der Waals surface area contributed by atoms with Crippen molar-refractivity contribution in [3.63, 3.8) is 0 Å². The van der Waals surface area contributed by atoms with Crippen molar-refractivity contribution in [3.05, 3.63) is 24.6 Å². The van der Waals surface area contributed by atoms with Gasteiger partial charge in [0.1, 0.15) is 12.1 Å². The highest BCUT2D eigenvalue weighted by atomic mass is 32.2. The standard InChI is InChI=1S/C19H35N3O3S/c1-14(9-10-19(6,7)26-8)20-12-16(23)22-11-15(2)21-13-17(24)25-18(3,4)5/h20-21H,1-2,9-13H2,3-8H3,(H,22,23). The quantitative estimate of drug-likeness (QED) is 0.448. The first-order valence-electron chi connectivity index (χ1n) is 8.71. The zero-order chi connectivity index (χ0) is 20.4. The first-order chi connectivity index (χ1) is 11.8. The van der Waals surface area contributed by atoms with Gasteiger partial charge in [-0.2, -0.15) is 11.8 Å². The van der Waals surface area contributed by atoms with Gasteiger partial charge in [0, 0.05) is 16.1 Å². The van der Waals surface area contributed by atoms with Crippen LogP contribution >= 0.6 is 11.8 Å².